The number of allylic oxidation sites excluding steroid dienone is 3. The number of alkyl halides is 2. The molecule has 0 aliphatic carbocycles. The van der Waals surface area contributed by atoms with Crippen molar-refractivity contribution in [3.05, 3.63) is 94.7 Å². The first-order valence-electron chi connectivity index (χ1n) is 8.76. The molecule has 0 spiro atoms. The standard InChI is InChI=1S/C20H14ClF4N.C2H6/c1-12-17(23)10-14(13-6-3-2-4-7-13)20(26(12)11-18(24)25)19-15(21)8-5-9-16(19)22;1-2/h2-10,18H,1,11H2;1-2H3. The molecule has 0 amide bonds. The average Bonchev–Trinajstić information content (AvgIpc) is 2.68. The molecule has 0 fully saturated rings. The van der Waals surface area contributed by atoms with Gasteiger partial charge in [0.05, 0.1) is 28.5 Å². The predicted octanol–water partition coefficient (Wildman–Crippen LogP) is 7.32. The molecule has 0 N–H and O–H groups in total. The molecule has 0 atom stereocenters. The number of nitrogens with zero attached hydrogens (tertiary/aromatic N) is 1. The molecule has 2 aromatic carbocycles. The second kappa shape index (κ2) is 9.60. The molecule has 1 nitrogen and oxygen atoms in total. The minimum atomic E-state index is -2.78. The molecule has 1 heterocycles. The summed E-state index contributed by atoms with van der Waals surface area (Å²) in [6, 6.07) is 12.6. The zero-order valence-electron chi connectivity index (χ0n) is 15.5. The first-order valence-corrected chi connectivity index (χ1v) is 9.14. The van der Waals surface area contributed by atoms with Crippen LogP contribution < -0.4 is 0 Å². The zero-order valence-corrected chi connectivity index (χ0v) is 16.3. The molecule has 0 saturated carbocycles. The summed E-state index contributed by atoms with van der Waals surface area (Å²) in [4.78, 5) is 0.979. The Morgan fingerprint density at radius 3 is 2.21 bits per heavy atom. The summed E-state index contributed by atoms with van der Waals surface area (Å²) in [5.74, 6) is -1.45. The van der Waals surface area contributed by atoms with Crippen LogP contribution >= 0.6 is 11.6 Å². The van der Waals surface area contributed by atoms with Gasteiger partial charge in [-0.3, -0.25) is 0 Å². The third-order valence-electron chi connectivity index (χ3n) is 4.00. The largest absolute Gasteiger partial charge is 0.333 e. The van der Waals surface area contributed by atoms with Gasteiger partial charge < -0.3 is 4.90 Å². The first-order chi connectivity index (χ1) is 13.4. The Hall–Kier alpha value is -2.53. The Kier molecular flexibility index (Phi) is 7.46. The van der Waals surface area contributed by atoms with Gasteiger partial charge in [0.15, 0.2) is 0 Å². The molecule has 0 radical (unpaired) electrons. The molecule has 6 heteroatoms. The summed E-state index contributed by atoms with van der Waals surface area (Å²) in [5.41, 5.74) is 0.524. The van der Waals surface area contributed by atoms with Crippen molar-refractivity contribution in [1.82, 2.24) is 4.90 Å². The van der Waals surface area contributed by atoms with Crippen LogP contribution in [-0.4, -0.2) is 17.9 Å². The summed E-state index contributed by atoms with van der Waals surface area (Å²) < 4.78 is 55.3. The molecular formula is C22H20ClF4N. The van der Waals surface area contributed by atoms with Crippen molar-refractivity contribution in [2.75, 3.05) is 6.54 Å². The summed E-state index contributed by atoms with van der Waals surface area (Å²) in [5, 5.41) is 0.0382. The lowest BCUT2D eigenvalue weighted by molar-refractivity contribution is 0.122. The molecule has 148 valence electrons. The highest BCUT2D eigenvalue weighted by molar-refractivity contribution is 6.32. The summed E-state index contributed by atoms with van der Waals surface area (Å²) in [7, 11) is 0. The van der Waals surface area contributed by atoms with Crippen LogP contribution in [0.2, 0.25) is 5.02 Å². The van der Waals surface area contributed by atoms with E-state index in [9.17, 15) is 17.6 Å². The fourth-order valence-electron chi connectivity index (χ4n) is 2.86. The third kappa shape index (κ3) is 4.47. The van der Waals surface area contributed by atoms with Crippen molar-refractivity contribution in [1.29, 1.82) is 0 Å². The van der Waals surface area contributed by atoms with Crippen molar-refractivity contribution in [2.24, 2.45) is 0 Å². The van der Waals surface area contributed by atoms with E-state index >= 15 is 0 Å². The highest BCUT2D eigenvalue weighted by atomic mass is 35.5. The third-order valence-corrected chi connectivity index (χ3v) is 4.32. The van der Waals surface area contributed by atoms with Crippen molar-refractivity contribution < 1.29 is 17.6 Å². The maximum Gasteiger partial charge on any atom is 0.256 e. The van der Waals surface area contributed by atoms with Crippen LogP contribution in [0, 0.1) is 5.82 Å². The monoisotopic (exact) mass is 409 g/mol. The van der Waals surface area contributed by atoms with E-state index < -0.39 is 24.6 Å². The lowest BCUT2D eigenvalue weighted by atomic mass is 9.94. The lowest BCUT2D eigenvalue weighted by Gasteiger charge is -2.34. The van der Waals surface area contributed by atoms with Gasteiger partial charge in [-0.2, -0.15) is 0 Å². The number of rotatable bonds is 4. The van der Waals surface area contributed by atoms with Gasteiger partial charge >= 0.3 is 0 Å². The molecule has 1 aliphatic rings. The maximum atomic E-state index is 14.6. The van der Waals surface area contributed by atoms with Gasteiger partial charge in [0.2, 0.25) is 0 Å². The highest BCUT2D eigenvalue weighted by Gasteiger charge is 2.31. The second-order valence-electron chi connectivity index (χ2n) is 5.67. The van der Waals surface area contributed by atoms with Crippen LogP contribution in [0.25, 0.3) is 11.3 Å². The molecular weight excluding hydrogens is 390 g/mol. The van der Waals surface area contributed by atoms with Gasteiger partial charge in [0, 0.05) is 5.57 Å². The Morgan fingerprint density at radius 1 is 1.00 bits per heavy atom. The Morgan fingerprint density at radius 2 is 1.64 bits per heavy atom. The van der Waals surface area contributed by atoms with Gasteiger partial charge in [-0.25, -0.2) is 17.6 Å². The molecule has 0 saturated heterocycles. The Balaban J connectivity index is 0.00000136. The molecule has 2 aromatic rings. The van der Waals surface area contributed by atoms with Crippen molar-refractivity contribution >= 4 is 22.9 Å². The normalized spacial score (nSPS) is 14.1. The van der Waals surface area contributed by atoms with Crippen LogP contribution in [0.1, 0.15) is 25.0 Å². The van der Waals surface area contributed by atoms with E-state index in [1.54, 1.807) is 30.3 Å². The average molecular weight is 410 g/mol. The minimum absolute atomic E-state index is 0.0382. The molecule has 3 rings (SSSR count). The van der Waals surface area contributed by atoms with Gasteiger partial charge in [-0.1, -0.05) is 68.4 Å². The highest BCUT2D eigenvalue weighted by Crippen LogP contribution is 2.42. The van der Waals surface area contributed by atoms with Gasteiger partial charge in [-0.05, 0) is 23.8 Å². The second-order valence-corrected chi connectivity index (χ2v) is 6.07. The SMILES string of the molecule is C=C1C(F)=CC(c2ccccc2)=C(c2c(F)cccc2Cl)N1CC(F)F.CC. The van der Waals surface area contributed by atoms with Gasteiger partial charge in [0.1, 0.15) is 11.6 Å². The fourth-order valence-corrected chi connectivity index (χ4v) is 3.11. The van der Waals surface area contributed by atoms with Crippen LogP contribution in [0.3, 0.4) is 0 Å². The van der Waals surface area contributed by atoms with Crippen molar-refractivity contribution in [2.45, 2.75) is 20.3 Å². The molecule has 0 aromatic heterocycles. The minimum Gasteiger partial charge on any atom is -0.333 e. The van der Waals surface area contributed by atoms with E-state index in [2.05, 4.69) is 6.58 Å². The van der Waals surface area contributed by atoms with Crippen LogP contribution in [0.15, 0.2) is 72.7 Å². The zero-order chi connectivity index (χ0) is 20.8. The Bertz CT molecular complexity index is 884. The van der Waals surface area contributed by atoms with Crippen LogP contribution in [0.4, 0.5) is 17.6 Å². The molecule has 1 aliphatic heterocycles. The van der Waals surface area contributed by atoms with E-state index in [-0.39, 0.29) is 27.6 Å². The smallest absolute Gasteiger partial charge is 0.256 e. The van der Waals surface area contributed by atoms with Crippen molar-refractivity contribution in [3.63, 3.8) is 0 Å². The van der Waals surface area contributed by atoms with E-state index in [1.165, 1.54) is 18.2 Å². The van der Waals surface area contributed by atoms with E-state index in [4.69, 9.17) is 11.6 Å². The fraction of sp³-hybridized carbons (Fsp3) is 0.182. The van der Waals surface area contributed by atoms with Crippen LogP contribution in [0.5, 0.6) is 0 Å². The summed E-state index contributed by atoms with van der Waals surface area (Å²) in [6.45, 7) is 6.71. The molecule has 0 bridgehead atoms. The van der Waals surface area contributed by atoms with Gasteiger partial charge in [-0.15, -0.1) is 0 Å². The maximum absolute atomic E-state index is 14.6. The quantitative estimate of drug-likeness (QED) is 0.478. The summed E-state index contributed by atoms with van der Waals surface area (Å²) in [6.07, 6.45) is -1.62. The first kappa shape index (κ1) is 21.8. The number of benzene rings is 2. The van der Waals surface area contributed by atoms with E-state index in [1.807, 2.05) is 13.8 Å². The van der Waals surface area contributed by atoms with E-state index in [0.717, 1.165) is 11.0 Å². The Labute approximate surface area is 167 Å². The van der Waals surface area contributed by atoms with Crippen LogP contribution in [-0.2, 0) is 0 Å². The number of hydrogen-bond donors (Lipinski definition) is 0. The summed E-state index contributed by atoms with van der Waals surface area (Å²) >= 11 is 6.17. The molecule has 28 heavy (non-hydrogen) atoms. The number of hydrogen-bond acceptors (Lipinski definition) is 1. The van der Waals surface area contributed by atoms with Crippen molar-refractivity contribution in [3.8, 4) is 0 Å². The molecule has 0 unspecified atom stereocenters. The van der Waals surface area contributed by atoms with E-state index in [0.29, 0.717) is 5.56 Å². The number of halogens is 5. The topological polar surface area (TPSA) is 3.24 Å². The predicted molar refractivity (Wildman–Crippen MR) is 107 cm³/mol. The van der Waals surface area contributed by atoms with Gasteiger partial charge in [0.25, 0.3) is 6.43 Å². The lowest BCUT2D eigenvalue weighted by Crippen LogP contribution is -2.30.